The van der Waals surface area contributed by atoms with Crippen molar-refractivity contribution >= 4 is 33.7 Å². The molecule has 1 aromatic heterocycles. The smallest absolute Gasteiger partial charge is 0.322 e. The van der Waals surface area contributed by atoms with Crippen LogP contribution in [0.25, 0.3) is 0 Å². The van der Waals surface area contributed by atoms with Crippen LogP contribution in [-0.4, -0.2) is 29.9 Å². The third kappa shape index (κ3) is 4.51. The van der Waals surface area contributed by atoms with Crippen molar-refractivity contribution in [3.63, 3.8) is 0 Å². The zero-order valence-corrected chi connectivity index (χ0v) is 11.3. The molecule has 1 heterocycles. The molecule has 6 heteroatoms. The summed E-state index contributed by atoms with van der Waals surface area (Å²) in [7, 11) is 1.34. The van der Waals surface area contributed by atoms with E-state index in [-0.39, 0.29) is 5.97 Å². The van der Waals surface area contributed by atoms with Crippen molar-refractivity contribution < 1.29 is 9.53 Å². The molecule has 1 aromatic rings. The molecule has 0 saturated carbocycles. The Hall–Kier alpha value is -0.590. The van der Waals surface area contributed by atoms with E-state index in [1.165, 1.54) is 7.11 Å². The molecule has 1 unspecified atom stereocenters. The van der Waals surface area contributed by atoms with Crippen LogP contribution in [0.2, 0.25) is 0 Å². The molecule has 0 aliphatic carbocycles. The Kier molecular flexibility index (Phi) is 5.79. The van der Waals surface area contributed by atoms with E-state index < -0.39 is 6.04 Å². The van der Waals surface area contributed by atoms with Gasteiger partial charge in [0.1, 0.15) is 6.04 Å². The number of ether oxygens (including phenoxy) is 1. The van der Waals surface area contributed by atoms with Gasteiger partial charge in [-0.2, -0.15) is 0 Å². The van der Waals surface area contributed by atoms with Crippen LogP contribution in [0.4, 0.5) is 0 Å². The second-order valence-corrected chi connectivity index (χ2v) is 5.11. The summed E-state index contributed by atoms with van der Waals surface area (Å²) in [6, 6.07) is 3.29. The van der Waals surface area contributed by atoms with Crippen LogP contribution in [0.15, 0.2) is 27.8 Å². The molecule has 0 saturated heterocycles. The fraction of sp³-hybridized carbons (Fsp3) is 0.400. The van der Waals surface area contributed by atoms with Gasteiger partial charge in [-0.05, 0) is 34.5 Å². The molecule has 16 heavy (non-hydrogen) atoms. The number of esters is 1. The standard InChI is InChI=1S/C10H13BrN2O2S/c1-15-10(14)8(12)4-5-16-9-3-2-7(11)6-13-9/h2-3,6,8H,4-5,12H2,1H3. The monoisotopic (exact) mass is 304 g/mol. The lowest BCUT2D eigenvalue weighted by Gasteiger charge is -2.08. The minimum absolute atomic E-state index is 0.371. The fourth-order valence-corrected chi connectivity index (χ4v) is 2.11. The fourth-order valence-electron chi connectivity index (χ4n) is 1.01. The van der Waals surface area contributed by atoms with Crippen LogP contribution >= 0.6 is 27.7 Å². The van der Waals surface area contributed by atoms with E-state index >= 15 is 0 Å². The highest BCUT2D eigenvalue weighted by molar-refractivity contribution is 9.10. The van der Waals surface area contributed by atoms with E-state index in [1.807, 2.05) is 12.1 Å². The number of aromatic nitrogens is 1. The second kappa shape index (κ2) is 6.88. The molecular formula is C10H13BrN2O2S. The average Bonchev–Trinajstić information content (AvgIpc) is 2.30. The van der Waals surface area contributed by atoms with Gasteiger partial charge in [0, 0.05) is 16.4 Å². The molecule has 1 rings (SSSR count). The van der Waals surface area contributed by atoms with E-state index in [1.54, 1.807) is 18.0 Å². The van der Waals surface area contributed by atoms with Gasteiger partial charge in [0.2, 0.25) is 0 Å². The molecule has 2 N–H and O–H groups in total. The molecule has 0 aromatic carbocycles. The Labute approximate surface area is 107 Å². The number of nitrogens with zero attached hydrogens (tertiary/aromatic N) is 1. The zero-order valence-electron chi connectivity index (χ0n) is 8.85. The summed E-state index contributed by atoms with van der Waals surface area (Å²) in [6.45, 7) is 0. The number of nitrogens with two attached hydrogens (primary N) is 1. The number of carbonyl (C=O) groups is 1. The van der Waals surface area contributed by atoms with Crippen LogP contribution in [0.5, 0.6) is 0 Å². The summed E-state index contributed by atoms with van der Waals surface area (Å²) >= 11 is 4.88. The quantitative estimate of drug-likeness (QED) is 0.664. The summed E-state index contributed by atoms with van der Waals surface area (Å²) in [5.41, 5.74) is 5.60. The lowest BCUT2D eigenvalue weighted by molar-refractivity contribution is -0.142. The Bertz CT molecular complexity index is 345. The van der Waals surface area contributed by atoms with Crippen molar-refractivity contribution in [3.05, 3.63) is 22.8 Å². The van der Waals surface area contributed by atoms with Crippen LogP contribution in [0.1, 0.15) is 6.42 Å². The molecule has 0 aliphatic heterocycles. The van der Waals surface area contributed by atoms with E-state index in [0.717, 1.165) is 15.3 Å². The SMILES string of the molecule is COC(=O)C(N)CCSc1ccc(Br)cn1. The molecule has 0 aliphatic rings. The molecule has 4 nitrogen and oxygen atoms in total. The van der Waals surface area contributed by atoms with E-state index in [2.05, 4.69) is 25.7 Å². The molecular weight excluding hydrogens is 292 g/mol. The van der Waals surface area contributed by atoms with Gasteiger partial charge in [-0.25, -0.2) is 4.98 Å². The largest absolute Gasteiger partial charge is 0.468 e. The Morgan fingerprint density at radius 1 is 1.69 bits per heavy atom. The Morgan fingerprint density at radius 2 is 2.44 bits per heavy atom. The van der Waals surface area contributed by atoms with Crippen molar-refractivity contribution in [1.29, 1.82) is 0 Å². The van der Waals surface area contributed by atoms with Crippen molar-refractivity contribution in [2.75, 3.05) is 12.9 Å². The summed E-state index contributed by atoms with van der Waals surface area (Å²) in [5, 5.41) is 0.917. The molecule has 0 spiro atoms. The minimum Gasteiger partial charge on any atom is -0.468 e. The highest BCUT2D eigenvalue weighted by Gasteiger charge is 2.12. The maximum absolute atomic E-state index is 11.0. The number of carbonyl (C=O) groups excluding carboxylic acids is 1. The van der Waals surface area contributed by atoms with Gasteiger partial charge < -0.3 is 10.5 Å². The van der Waals surface area contributed by atoms with E-state index in [4.69, 9.17) is 5.73 Å². The third-order valence-electron chi connectivity index (χ3n) is 1.88. The van der Waals surface area contributed by atoms with E-state index in [0.29, 0.717) is 6.42 Å². The second-order valence-electron chi connectivity index (χ2n) is 3.08. The van der Waals surface area contributed by atoms with Crippen LogP contribution in [-0.2, 0) is 9.53 Å². The summed E-state index contributed by atoms with van der Waals surface area (Å²) < 4.78 is 5.48. The van der Waals surface area contributed by atoms with Gasteiger partial charge in [-0.1, -0.05) is 0 Å². The van der Waals surface area contributed by atoms with Crippen molar-refractivity contribution in [1.82, 2.24) is 4.98 Å². The number of pyridine rings is 1. The predicted octanol–water partition coefficient (Wildman–Crippen LogP) is 1.83. The Morgan fingerprint density at radius 3 is 3.00 bits per heavy atom. The topological polar surface area (TPSA) is 65.2 Å². The molecule has 0 amide bonds. The van der Waals surface area contributed by atoms with Gasteiger partial charge in [0.15, 0.2) is 0 Å². The summed E-state index contributed by atoms with van der Waals surface area (Å²) in [5.74, 6) is 0.370. The highest BCUT2D eigenvalue weighted by atomic mass is 79.9. The number of hydrogen-bond donors (Lipinski definition) is 1. The zero-order chi connectivity index (χ0) is 12.0. The van der Waals surface area contributed by atoms with Gasteiger partial charge in [-0.3, -0.25) is 4.79 Å². The third-order valence-corrected chi connectivity index (χ3v) is 3.33. The minimum atomic E-state index is -0.548. The normalized spacial score (nSPS) is 12.2. The van der Waals surface area contributed by atoms with Crippen molar-refractivity contribution in [2.45, 2.75) is 17.5 Å². The molecule has 0 radical (unpaired) electrons. The van der Waals surface area contributed by atoms with Crippen molar-refractivity contribution in [3.8, 4) is 0 Å². The van der Waals surface area contributed by atoms with Crippen molar-refractivity contribution in [2.24, 2.45) is 5.73 Å². The number of thioether (sulfide) groups is 1. The summed E-state index contributed by atoms with van der Waals surface area (Å²) in [6.07, 6.45) is 2.32. The first-order valence-electron chi connectivity index (χ1n) is 4.71. The number of rotatable bonds is 5. The first kappa shape index (κ1) is 13.5. The molecule has 0 bridgehead atoms. The maximum Gasteiger partial charge on any atom is 0.322 e. The molecule has 1 atom stereocenters. The van der Waals surface area contributed by atoms with Crippen LogP contribution in [0.3, 0.4) is 0 Å². The molecule has 0 fully saturated rings. The lowest BCUT2D eigenvalue weighted by Crippen LogP contribution is -2.31. The highest BCUT2D eigenvalue weighted by Crippen LogP contribution is 2.18. The predicted molar refractivity (Wildman–Crippen MR) is 67.3 cm³/mol. The average molecular weight is 305 g/mol. The maximum atomic E-state index is 11.0. The lowest BCUT2D eigenvalue weighted by atomic mass is 10.2. The number of halogens is 1. The van der Waals surface area contributed by atoms with Gasteiger partial charge in [0.05, 0.1) is 12.1 Å². The van der Waals surface area contributed by atoms with E-state index in [9.17, 15) is 4.79 Å². The van der Waals surface area contributed by atoms with Gasteiger partial charge in [0.25, 0.3) is 0 Å². The van der Waals surface area contributed by atoms with Gasteiger partial charge in [-0.15, -0.1) is 11.8 Å². The first-order valence-corrected chi connectivity index (χ1v) is 6.49. The number of methoxy groups -OCH3 is 1. The Balaban J connectivity index is 2.30. The summed E-state index contributed by atoms with van der Waals surface area (Å²) in [4.78, 5) is 15.2. The van der Waals surface area contributed by atoms with Crippen LogP contribution < -0.4 is 5.73 Å². The van der Waals surface area contributed by atoms with Crippen LogP contribution in [0, 0.1) is 0 Å². The molecule has 88 valence electrons. The first-order chi connectivity index (χ1) is 7.63. The number of hydrogen-bond acceptors (Lipinski definition) is 5. The van der Waals surface area contributed by atoms with Gasteiger partial charge >= 0.3 is 5.97 Å².